The second-order valence-electron chi connectivity index (χ2n) is 4.21. The third-order valence-corrected chi connectivity index (χ3v) is 2.86. The highest BCUT2D eigenvalue weighted by Crippen LogP contribution is 2.19. The predicted molar refractivity (Wildman–Crippen MR) is 57.9 cm³/mol. The third-order valence-electron chi connectivity index (χ3n) is 2.08. The van der Waals surface area contributed by atoms with Gasteiger partial charge >= 0.3 is 0 Å². The number of sulfonamides is 1. The molecule has 0 aromatic carbocycles. The van der Waals surface area contributed by atoms with Crippen molar-refractivity contribution in [3.8, 4) is 0 Å². The van der Waals surface area contributed by atoms with E-state index in [1.54, 1.807) is 0 Å². The topological polar surface area (TPSA) is 130 Å². The average molecular weight is 254 g/mol. The summed E-state index contributed by atoms with van der Waals surface area (Å²) in [6, 6.07) is 0. The summed E-state index contributed by atoms with van der Waals surface area (Å²) in [6.07, 6.45) is -1.40. The summed E-state index contributed by atoms with van der Waals surface area (Å²) >= 11 is 0. The Morgan fingerprint density at radius 1 is 1.50 bits per heavy atom. The van der Waals surface area contributed by atoms with Crippen LogP contribution in [0.5, 0.6) is 0 Å². The van der Waals surface area contributed by atoms with Crippen LogP contribution in [0.2, 0.25) is 0 Å². The van der Waals surface area contributed by atoms with E-state index >= 15 is 0 Å². The molecule has 1 amide bonds. The van der Waals surface area contributed by atoms with E-state index in [1.807, 2.05) is 0 Å². The number of amides is 1. The number of nitrogens with two attached hydrogens (primary N) is 1. The minimum atomic E-state index is -3.63. The lowest BCUT2D eigenvalue weighted by Crippen LogP contribution is -2.46. The second kappa shape index (κ2) is 5.58. The monoisotopic (exact) mass is 254 g/mol. The van der Waals surface area contributed by atoms with Crippen LogP contribution in [0.3, 0.4) is 0 Å². The Morgan fingerprint density at radius 2 is 2.00 bits per heavy atom. The number of hydrogen-bond acceptors (Lipinski definition) is 5. The molecule has 0 fully saturated rings. The number of aliphatic hydroxyl groups is 2. The smallest absolute Gasteiger partial charge is 0.249 e. The first kappa shape index (κ1) is 15.3. The Morgan fingerprint density at radius 3 is 2.38 bits per heavy atom. The van der Waals surface area contributed by atoms with Crippen molar-refractivity contribution in [2.75, 3.05) is 18.9 Å². The fourth-order valence-electron chi connectivity index (χ4n) is 0.855. The molecule has 0 heterocycles. The van der Waals surface area contributed by atoms with Crippen LogP contribution in [0, 0.1) is 5.41 Å². The van der Waals surface area contributed by atoms with E-state index in [9.17, 15) is 18.3 Å². The molecule has 0 aromatic heterocycles. The number of carbonyl (C=O) groups excluding carboxylic acids is 1. The van der Waals surface area contributed by atoms with Gasteiger partial charge in [0.2, 0.25) is 15.9 Å². The van der Waals surface area contributed by atoms with Gasteiger partial charge in [-0.1, -0.05) is 13.8 Å². The molecule has 0 saturated heterocycles. The summed E-state index contributed by atoms with van der Waals surface area (Å²) in [5.74, 6) is -1.13. The number of nitrogens with one attached hydrogen (secondary N) is 1. The normalized spacial score (nSPS) is 14.6. The zero-order valence-corrected chi connectivity index (χ0v) is 10.1. The summed E-state index contributed by atoms with van der Waals surface area (Å²) in [6.45, 7) is 2.49. The van der Waals surface area contributed by atoms with Crippen molar-refractivity contribution in [2.45, 2.75) is 20.0 Å². The van der Waals surface area contributed by atoms with E-state index < -0.39 is 33.2 Å². The molecule has 0 saturated carbocycles. The Hall–Kier alpha value is -0.700. The Labute approximate surface area is 94.7 Å². The maximum absolute atomic E-state index is 11.3. The zero-order valence-electron chi connectivity index (χ0n) is 9.30. The van der Waals surface area contributed by atoms with Crippen molar-refractivity contribution in [2.24, 2.45) is 10.6 Å². The van der Waals surface area contributed by atoms with E-state index in [1.165, 1.54) is 13.8 Å². The summed E-state index contributed by atoms with van der Waals surface area (Å²) in [5, 5.41) is 25.4. The van der Waals surface area contributed by atoms with Gasteiger partial charge in [0, 0.05) is 12.0 Å². The molecule has 7 nitrogen and oxygen atoms in total. The molecular formula is C8H18N2O5S. The minimum absolute atomic E-state index is 0.170. The van der Waals surface area contributed by atoms with Gasteiger partial charge in [-0.2, -0.15) is 0 Å². The maximum atomic E-state index is 11.3. The van der Waals surface area contributed by atoms with Crippen LogP contribution in [-0.4, -0.2) is 49.5 Å². The van der Waals surface area contributed by atoms with Crippen LogP contribution >= 0.6 is 0 Å². The molecule has 1 atom stereocenters. The van der Waals surface area contributed by atoms with E-state index in [0.717, 1.165) is 0 Å². The molecular weight excluding hydrogens is 236 g/mol. The van der Waals surface area contributed by atoms with Crippen molar-refractivity contribution in [1.29, 1.82) is 0 Å². The third kappa shape index (κ3) is 5.40. The van der Waals surface area contributed by atoms with Crippen LogP contribution in [0.1, 0.15) is 13.8 Å². The summed E-state index contributed by atoms with van der Waals surface area (Å²) in [5.41, 5.74) is -0.980. The Balaban J connectivity index is 4.18. The van der Waals surface area contributed by atoms with Crippen LogP contribution < -0.4 is 10.5 Å². The van der Waals surface area contributed by atoms with Gasteiger partial charge < -0.3 is 15.5 Å². The first-order valence-electron chi connectivity index (χ1n) is 4.67. The molecule has 8 heteroatoms. The number of rotatable bonds is 6. The lowest BCUT2D eigenvalue weighted by molar-refractivity contribution is -0.136. The molecule has 5 N–H and O–H groups in total. The largest absolute Gasteiger partial charge is 0.396 e. The van der Waals surface area contributed by atoms with Crippen molar-refractivity contribution >= 4 is 15.9 Å². The molecule has 0 bridgehead atoms. The summed E-state index contributed by atoms with van der Waals surface area (Å²) in [4.78, 5) is 11.3. The number of carbonyl (C=O) groups is 1. The molecule has 0 aliphatic heterocycles. The SMILES string of the molecule is CC(C)(CO)[C@H](O)C(=O)NCCS(N)(=O)=O. The lowest BCUT2D eigenvalue weighted by atomic mass is 9.87. The fourth-order valence-corrected chi connectivity index (χ4v) is 1.24. The predicted octanol–water partition coefficient (Wildman–Crippen LogP) is -2.23. The molecule has 0 rings (SSSR count). The molecule has 0 spiro atoms. The van der Waals surface area contributed by atoms with Gasteiger partial charge in [0.1, 0.15) is 6.10 Å². The standard InChI is InChI=1S/C8H18N2O5S/c1-8(2,5-11)6(12)7(13)10-3-4-16(9,14)15/h6,11-12H,3-5H2,1-2H3,(H,10,13)(H2,9,14,15)/t6-/m1/s1. The van der Waals surface area contributed by atoms with E-state index in [4.69, 9.17) is 10.2 Å². The van der Waals surface area contributed by atoms with E-state index in [-0.39, 0.29) is 13.2 Å². The van der Waals surface area contributed by atoms with Crippen molar-refractivity contribution in [3.05, 3.63) is 0 Å². The second-order valence-corrected chi connectivity index (χ2v) is 5.94. The highest BCUT2D eigenvalue weighted by molar-refractivity contribution is 7.89. The Kier molecular flexibility index (Phi) is 5.33. The van der Waals surface area contributed by atoms with Crippen LogP contribution in [0.4, 0.5) is 0 Å². The van der Waals surface area contributed by atoms with Crippen molar-refractivity contribution < 1.29 is 23.4 Å². The van der Waals surface area contributed by atoms with Gasteiger partial charge in [-0.3, -0.25) is 4.79 Å². The van der Waals surface area contributed by atoms with Crippen LogP contribution in [0.25, 0.3) is 0 Å². The maximum Gasteiger partial charge on any atom is 0.249 e. The van der Waals surface area contributed by atoms with Gasteiger partial charge in [0.05, 0.1) is 12.4 Å². The molecule has 0 radical (unpaired) electrons. The minimum Gasteiger partial charge on any atom is -0.396 e. The first-order valence-corrected chi connectivity index (χ1v) is 6.39. The van der Waals surface area contributed by atoms with Crippen molar-refractivity contribution in [1.82, 2.24) is 5.32 Å². The van der Waals surface area contributed by atoms with Gasteiger partial charge in [0.15, 0.2) is 0 Å². The highest BCUT2D eigenvalue weighted by atomic mass is 32.2. The highest BCUT2D eigenvalue weighted by Gasteiger charge is 2.32. The first-order chi connectivity index (χ1) is 7.10. The number of aliphatic hydroxyl groups excluding tert-OH is 2. The van der Waals surface area contributed by atoms with Gasteiger partial charge in [-0.05, 0) is 0 Å². The summed E-state index contributed by atoms with van der Waals surface area (Å²) < 4.78 is 21.1. The molecule has 0 aliphatic carbocycles. The van der Waals surface area contributed by atoms with E-state index in [2.05, 4.69) is 5.32 Å². The van der Waals surface area contributed by atoms with Gasteiger partial charge in [-0.25, -0.2) is 13.6 Å². The average Bonchev–Trinajstić information content (AvgIpc) is 2.14. The fraction of sp³-hybridized carbons (Fsp3) is 0.875. The molecule has 0 aliphatic rings. The molecule has 0 aromatic rings. The quantitative estimate of drug-likeness (QED) is 0.426. The van der Waals surface area contributed by atoms with Gasteiger partial charge in [0.25, 0.3) is 0 Å². The van der Waals surface area contributed by atoms with Crippen LogP contribution in [-0.2, 0) is 14.8 Å². The van der Waals surface area contributed by atoms with Gasteiger partial charge in [-0.15, -0.1) is 0 Å². The van der Waals surface area contributed by atoms with E-state index in [0.29, 0.717) is 0 Å². The number of hydrogen-bond donors (Lipinski definition) is 4. The summed E-state index contributed by atoms with van der Waals surface area (Å²) in [7, 11) is -3.63. The molecule has 0 unspecified atom stereocenters. The molecule has 16 heavy (non-hydrogen) atoms. The van der Waals surface area contributed by atoms with Crippen molar-refractivity contribution in [3.63, 3.8) is 0 Å². The Bertz CT molecular complexity index is 338. The van der Waals surface area contributed by atoms with Crippen LogP contribution in [0.15, 0.2) is 0 Å². The molecule has 96 valence electrons. The number of primary sulfonamides is 1. The zero-order chi connectivity index (χ0) is 13.0. The lowest BCUT2D eigenvalue weighted by Gasteiger charge is -2.27.